The Balaban J connectivity index is 1.56. The summed E-state index contributed by atoms with van der Waals surface area (Å²) in [4.78, 5) is 28.8. The van der Waals surface area contributed by atoms with Crippen molar-refractivity contribution in [2.24, 2.45) is 0 Å². The second kappa shape index (κ2) is 8.33. The van der Waals surface area contributed by atoms with Crippen molar-refractivity contribution in [1.82, 2.24) is 14.6 Å². The van der Waals surface area contributed by atoms with Gasteiger partial charge < -0.3 is 10.1 Å². The molecule has 2 heterocycles. The van der Waals surface area contributed by atoms with E-state index in [1.54, 1.807) is 4.52 Å². The third-order valence-corrected chi connectivity index (χ3v) is 5.36. The van der Waals surface area contributed by atoms with Crippen LogP contribution >= 0.6 is 0 Å². The normalized spacial score (nSPS) is 11.2. The van der Waals surface area contributed by atoms with Gasteiger partial charge in [-0.25, -0.2) is 23.1 Å². The highest BCUT2D eigenvalue weighted by molar-refractivity contribution is 5.95. The molecular weight excluding hydrogens is 418 g/mol. The zero-order chi connectivity index (χ0) is 23.0. The number of nitrogens with zero attached hydrogens (tertiary/aromatic N) is 3. The fourth-order valence-electron chi connectivity index (χ4n) is 3.70. The molecule has 0 aliphatic heterocycles. The minimum absolute atomic E-state index is 0.0278. The summed E-state index contributed by atoms with van der Waals surface area (Å²) in [7, 11) is 1.08. The number of carbonyl (C=O) groups excluding carboxylic acids is 2. The van der Waals surface area contributed by atoms with Crippen LogP contribution in [-0.4, -0.2) is 33.6 Å². The predicted molar refractivity (Wildman–Crippen MR) is 115 cm³/mol. The average molecular weight is 438 g/mol. The smallest absolute Gasteiger partial charge is 0.340 e. The van der Waals surface area contributed by atoms with Gasteiger partial charge in [0.25, 0.3) is 0 Å². The minimum Gasteiger partial charge on any atom is -0.465 e. The van der Waals surface area contributed by atoms with E-state index < -0.39 is 29.1 Å². The van der Waals surface area contributed by atoms with Crippen molar-refractivity contribution in [3.8, 4) is 0 Å². The van der Waals surface area contributed by atoms with Crippen molar-refractivity contribution in [2.45, 2.75) is 26.7 Å². The number of esters is 1. The number of amides is 1. The van der Waals surface area contributed by atoms with Gasteiger partial charge in [-0.15, -0.1) is 0 Å². The molecule has 2 aromatic carbocycles. The van der Waals surface area contributed by atoms with Crippen molar-refractivity contribution in [2.75, 3.05) is 12.4 Å². The summed E-state index contributed by atoms with van der Waals surface area (Å²) in [6, 6.07) is 9.16. The van der Waals surface area contributed by atoms with E-state index >= 15 is 0 Å². The molecule has 0 unspecified atom stereocenters. The molecule has 0 fully saturated rings. The second-order valence-corrected chi connectivity index (χ2v) is 7.37. The molecule has 0 spiro atoms. The number of hydrogen-bond donors (Lipinski definition) is 1. The number of anilines is 1. The zero-order valence-corrected chi connectivity index (χ0v) is 17.7. The van der Waals surface area contributed by atoms with E-state index in [9.17, 15) is 18.4 Å². The van der Waals surface area contributed by atoms with Gasteiger partial charge in [-0.1, -0.05) is 12.1 Å². The molecule has 4 rings (SSSR count). The third-order valence-electron chi connectivity index (χ3n) is 5.36. The van der Waals surface area contributed by atoms with Crippen LogP contribution < -0.4 is 5.32 Å². The molecule has 0 saturated carbocycles. The van der Waals surface area contributed by atoms with Gasteiger partial charge in [-0.2, -0.15) is 5.10 Å². The van der Waals surface area contributed by atoms with E-state index in [0.717, 1.165) is 46.7 Å². The first-order chi connectivity index (χ1) is 15.3. The maximum atomic E-state index is 14.1. The van der Waals surface area contributed by atoms with Crippen LogP contribution in [0.2, 0.25) is 0 Å². The average Bonchev–Trinajstić information content (AvgIpc) is 3.13. The maximum absolute atomic E-state index is 14.1. The van der Waals surface area contributed by atoms with Gasteiger partial charge in [0.05, 0.1) is 23.9 Å². The lowest BCUT2D eigenvalue weighted by Crippen LogP contribution is -2.16. The van der Waals surface area contributed by atoms with E-state index in [2.05, 4.69) is 20.1 Å². The van der Waals surface area contributed by atoms with Crippen molar-refractivity contribution in [3.05, 3.63) is 70.5 Å². The van der Waals surface area contributed by atoms with E-state index in [0.29, 0.717) is 12.5 Å². The van der Waals surface area contributed by atoms with Crippen LogP contribution in [0.25, 0.3) is 16.6 Å². The van der Waals surface area contributed by atoms with Crippen LogP contribution in [0.4, 0.5) is 14.5 Å². The molecule has 1 N–H and O–H groups in total. The molecule has 0 saturated heterocycles. The number of benzene rings is 2. The highest BCUT2D eigenvalue weighted by Crippen LogP contribution is 2.24. The molecule has 1 amide bonds. The Labute approximate surface area is 182 Å². The fraction of sp³-hybridized carbons (Fsp3) is 0.217. The lowest BCUT2D eigenvalue weighted by atomic mass is 10.1. The second-order valence-electron chi connectivity index (χ2n) is 7.37. The van der Waals surface area contributed by atoms with Gasteiger partial charge >= 0.3 is 5.97 Å². The van der Waals surface area contributed by atoms with E-state index in [1.807, 2.05) is 38.1 Å². The molecule has 9 heteroatoms. The molecule has 0 atom stereocenters. The van der Waals surface area contributed by atoms with Crippen molar-refractivity contribution < 1.29 is 23.1 Å². The van der Waals surface area contributed by atoms with Crippen LogP contribution in [0, 0.1) is 25.5 Å². The molecule has 0 aliphatic carbocycles. The monoisotopic (exact) mass is 438 g/mol. The van der Waals surface area contributed by atoms with Crippen LogP contribution in [0.3, 0.4) is 0 Å². The van der Waals surface area contributed by atoms with Crippen LogP contribution in [-0.2, 0) is 16.0 Å². The lowest BCUT2D eigenvalue weighted by Gasteiger charge is -2.12. The summed E-state index contributed by atoms with van der Waals surface area (Å²) < 4.78 is 34.1. The highest BCUT2D eigenvalue weighted by atomic mass is 19.1. The summed E-state index contributed by atoms with van der Waals surface area (Å²) in [5, 5.41) is 7.92. The van der Waals surface area contributed by atoms with Crippen LogP contribution in [0.15, 0.2) is 36.4 Å². The minimum atomic E-state index is -1.07. The van der Waals surface area contributed by atoms with Gasteiger partial charge in [0.2, 0.25) is 5.91 Å². The summed E-state index contributed by atoms with van der Waals surface area (Å²) in [6.07, 6.45) is 0.370. The maximum Gasteiger partial charge on any atom is 0.340 e. The first-order valence-corrected chi connectivity index (χ1v) is 9.91. The number of aromatic nitrogens is 3. The summed E-state index contributed by atoms with van der Waals surface area (Å²) in [5.41, 5.74) is 3.30. The van der Waals surface area contributed by atoms with Gasteiger partial charge in [-0.05, 0) is 44.0 Å². The van der Waals surface area contributed by atoms with Crippen LogP contribution in [0.1, 0.15) is 33.7 Å². The first-order valence-electron chi connectivity index (χ1n) is 9.91. The lowest BCUT2D eigenvalue weighted by molar-refractivity contribution is -0.116. The quantitative estimate of drug-likeness (QED) is 0.474. The number of carbonyl (C=O) groups is 2. The first kappa shape index (κ1) is 21.4. The van der Waals surface area contributed by atoms with E-state index in [4.69, 9.17) is 0 Å². The summed E-state index contributed by atoms with van der Waals surface area (Å²) in [5.74, 6) is -3.50. The summed E-state index contributed by atoms with van der Waals surface area (Å²) in [6.45, 7) is 3.77. The Hall–Kier alpha value is -3.88. The molecule has 0 bridgehead atoms. The zero-order valence-electron chi connectivity index (χ0n) is 17.7. The Bertz CT molecular complexity index is 1380. The Kier molecular flexibility index (Phi) is 5.56. The number of fused-ring (bicyclic) bond motifs is 3. The SMILES string of the molecule is COC(=O)c1cc(NC(=O)CCc2c(C)nc3c4ccccc4nn3c2C)c(F)cc1F. The highest BCUT2D eigenvalue weighted by Gasteiger charge is 2.19. The van der Waals surface area contributed by atoms with Crippen LogP contribution in [0.5, 0.6) is 0 Å². The van der Waals surface area contributed by atoms with Crippen molar-refractivity contribution in [3.63, 3.8) is 0 Å². The standard InChI is InChI=1S/C23H20F2N4O3/c1-12-14(13(2)29-22(26-12)15-6-4-5-7-19(15)28-29)8-9-21(30)27-20-10-16(23(31)32-3)17(24)11-18(20)25/h4-7,10-11H,8-9H2,1-3H3,(H,27,30). The van der Waals surface area contributed by atoms with Gasteiger partial charge in [0.15, 0.2) is 5.65 Å². The number of aryl methyl sites for hydroxylation is 2. The number of ether oxygens (including phenoxy) is 1. The predicted octanol–water partition coefficient (Wildman–Crippen LogP) is 4.14. The number of rotatable bonds is 5. The number of halogens is 2. The molecule has 2 aromatic heterocycles. The largest absolute Gasteiger partial charge is 0.465 e. The van der Waals surface area contributed by atoms with Gasteiger partial charge in [-0.3, -0.25) is 4.79 Å². The molecular formula is C23H20F2N4O3. The molecule has 0 radical (unpaired) electrons. The van der Waals surface area contributed by atoms with Crippen molar-refractivity contribution >= 4 is 34.1 Å². The Morgan fingerprint density at radius 2 is 1.88 bits per heavy atom. The topological polar surface area (TPSA) is 85.6 Å². The molecule has 0 aliphatic rings. The number of hydrogen-bond acceptors (Lipinski definition) is 5. The molecule has 7 nitrogen and oxygen atoms in total. The number of nitrogens with one attached hydrogen (secondary N) is 1. The third kappa shape index (κ3) is 3.77. The molecule has 32 heavy (non-hydrogen) atoms. The molecule has 164 valence electrons. The van der Waals surface area contributed by atoms with Crippen molar-refractivity contribution in [1.29, 1.82) is 0 Å². The van der Waals surface area contributed by atoms with E-state index in [-0.39, 0.29) is 12.1 Å². The van der Waals surface area contributed by atoms with E-state index in [1.165, 1.54) is 0 Å². The van der Waals surface area contributed by atoms with Gasteiger partial charge in [0.1, 0.15) is 11.6 Å². The molecule has 4 aromatic rings. The fourth-order valence-corrected chi connectivity index (χ4v) is 3.70. The number of methoxy groups -OCH3 is 1. The Morgan fingerprint density at radius 1 is 1.12 bits per heavy atom. The van der Waals surface area contributed by atoms with Gasteiger partial charge in [0, 0.05) is 29.3 Å². The summed E-state index contributed by atoms with van der Waals surface area (Å²) >= 11 is 0. The Morgan fingerprint density at radius 3 is 2.62 bits per heavy atom.